The van der Waals surface area contributed by atoms with E-state index in [4.69, 9.17) is 4.74 Å². The molecular formula is C24H23NO5. The Balaban J connectivity index is 1.47. The van der Waals surface area contributed by atoms with Crippen LogP contribution in [0.15, 0.2) is 53.7 Å². The van der Waals surface area contributed by atoms with Gasteiger partial charge in [0.2, 0.25) is 5.91 Å². The second-order valence-corrected chi connectivity index (χ2v) is 8.35. The maximum Gasteiger partial charge on any atom is 0.352 e. The highest BCUT2D eigenvalue weighted by molar-refractivity contribution is 6.00. The second kappa shape index (κ2) is 6.71. The van der Waals surface area contributed by atoms with Crippen LogP contribution in [0.2, 0.25) is 0 Å². The number of nitrogens with zero attached hydrogens (tertiary/aromatic N) is 1. The van der Waals surface area contributed by atoms with E-state index in [1.54, 1.807) is 6.92 Å². The fourth-order valence-electron chi connectivity index (χ4n) is 5.26. The minimum absolute atomic E-state index is 0.00220. The Kier molecular flexibility index (Phi) is 4.22. The van der Waals surface area contributed by atoms with Gasteiger partial charge in [-0.05, 0) is 36.1 Å². The molecule has 154 valence electrons. The average Bonchev–Trinajstić information content (AvgIpc) is 3.20. The minimum atomic E-state index is -1.14. The summed E-state index contributed by atoms with van der Waals surface area (Å²) in [5, 5.41) is 19.8. The molecule has 1 saturated heterocycles. The molecule has 2 aromatic rings. The highest BCUT2D eigenvalue weighted by atomic mass is 16.5. The van der Waals surface area contributed by atoms with Crippen LogP contribution >= 0.6 is 0 Å². The molecule has 1 amide bonds. The normalized spacial score (nSPS) is 24.8. The lowest BCUT2D eigenvalue weighted by Gasteiger charge is -2.46. The lowest BCUT2D eigenvalue weighted by atomic mass is 9.78. The van der Waals surface area contributed by atoms with Gasteiger partial charge in [-0.2, -0.15) is 0 Å². The van der Waals surface area contributed by atoms with Crippen LogP contribution in [-0.4, -0.2) is 45.7 Å². The maximum absolute atomic E-state index is 12.5. The van der Waals surface area contributed by atoms with Crippen molar-refractivity contribution in [2.75, 3.05) is 6.61 Å². The van der Waals surface area contributed by atoms with E-state index < -0.39 is 18.0 Å². The first-order valence-corrected chi connectivity index (χ1v) is 10.2. The number of hydrogen-bond donors (Lipinski definition) is 2. The molecule has 0 aromatic heterocycles. The number of carboxylic acid groups (broad SMARTS) is 1. The average molecular weight is 405 g/mol. The van der Waals surface area contributed by atoms with E-state index in [9.17, 15) is 19.8 Å². The summed E-state index contributed by atoms with van der Waals surface area (Å²) in [5.41, 5.74) is 5.22. The summed E-state index contributed by atoms with van der Waals surface area (Å²) < 4.78 is 6.17. The summed E-state index contributed by atoms with van der Waals surface area (Å²) >= 11 is 0. The van der Waals surface area contributed by atoms with Gasteiger partial charge in [-0.15, -0.1) is 0 Å². The predicted molar refractivity (Wildman–Crippen MR) is 110 cm³/mol. The van der Waals surface area contributed by atoms with Crippen molar-refractivity contribution in [1.29, 1.82) is 0 Å². The first kappa shape index (κ1) is 18.9. The molecule has 6 nitrogen and oxygen atoms in total. The summed E-state index contributed by atoms with van der Waals surface area (Å²) in [5.74, 6) is -1.51. The van der Waals surface area contributed by atoms with Crippen molar-refractivity contribution in [3.63, 3.8) is 0 Å². The Labute approximate surface area is 174 Å². The largest absolute Gasteiger partial charge is 0.488 e. The second-order valence-electron chi connectivity index (χ2n) is 8.35. The number of fused-ring (bicyclic) bond motifs is 4. The number of carboxylic acids is 1. The molecule has 3 unspecified atom stereocenters. The van der Waals surface area contributed by atoms with Gasteiger partial charge in [-0.1, -0.05) is 43.3 Å². The molecule has 0 radical (unpaired) electrons. The Bertz CT molecular complexity index is 1100. The van der Waals surface area contributed by atoms with E-state index >= 15 is 0 Å². The molecule has 2 aliphatic heterocycles. The number of aliphatic hydroxyl groups excluding tert-OH is 1. The van der Waals surface area contributed by atoms with Gasteiger partial charge in [0.25, 0.3) is 0 Å². The van der Waals surface area contributed by atoms with Crippen molar-refractivity contribution < 1.29 is 24.5 Å². The number of aliphatic hydroxyl groups is 1. The number of carbonyl (C=O) groups excluding carboxylic acids is 1. The Hall–Kier alpha value is -3.12. The Morgan fingerprint density at radius 2 is 1.93 bits per heavy atom. The van der Waals surface area contributed by atoms with Gasteiger partial charge in [0.15, 0.2) is 0 Å². The maximum atomic E-state index is 12.5. The molecule has 5 rings (SSSR count). The third-order valence-electron chi connectivity index (χ3n) is 6.68. The molecule has 3 aliphatic rings. The molecule has 6 heteroatoms. The van der Waals surface area contributed by atoms with Crippen LogP contribution in [0.1, 0.15) is 25.0 Å². The molecule has 0 saturated carbocycles. The molecule has 0 spiro atoms. The van der Waals surface area contributed by atoms with Crippen LogP contribution in [0.4, 0.5) is 0 Å². The van der Waals surface area contributed by atoms with Crippen LogP contribution < -0.4 is 4.74 Å². The van der Waals surface area contributed by atoms with Crippen LogP contribution in [0.5, 0.6) is 5.75 Å². The van der Waals surface area contributed by atoms with E-state index in [1.165, 1.54) is 16.0 Å². The first-order chi connectivity index (χ1) is 14.4. The van der Waals surface area contributed by atoms with E-state index in [0.29, 0.717) is 5.57 Å². The summed E-state index contributed by atoms with van der Waals surface area (Å²) in [7, 11) is 0. The number of β-lactam (4-membered cyclic amide) rings is 1. The van der Waals surface area contributed by atoms with Crippen molar-refractivity contribution in [2.45, 2.75) is 32.4 Å². The monoisotopic (exact) mass is 405 g/mol. The highest BCUT2D eigenvalue weighted by Gasteiger charge is 2.59. The summed E-state index contributed by atoms with van der Waals surface area (Å²) in [4.78, 5) is 25.8. The van der Waals surface area contributed by atoms with Gasteiger partial charge in [-0.25, -0.2) is 4.79 Å². The lowest BCUT2D eigenvalue weighted by molar-refractivity contribution is -0.163. The molecule has 1 fully saturated rings. The van der Waals surface area contributed by atoms with Gasteiger partial charge < -0.3 is 19.8 Å². The zero-order valence-corrected chi connectivity index (χ0v) is 16.8. The van der Waals surface area contributed by atoms with E-state index in [2.05, 4.69) is 18.2 Å². The molecule has 1 aliphatic carbocycles. The quantitative estimate of drug-likeness (QED) is 0.638. The van der Waals surface area contributed by atoms with Gasteiger partial charge in [0.1, 0.15) is 18.1 Å². The van der Waals surface area contributed by atoms with Crippen molar-refractivity contribution in [1.82, 2.24) is 4.90 Å². The minimum Gasteiger partial charge on any atom is -0.488 e. The molecule has 4 atom stereocenters. The number of benzene rings is 2. The molecule has 0 bridgehead atoms. The van der Waals surface area contributed by atoms with Crippen molar-refractivity contribution >= 4 is 11.9 Å². The van der Waals surface area contributed by atoms with E-state index in [0.717, 1.165) is 23.3 Å². The number of ether oxygens (including phenoxy) is 1. The summed E-state index contributed by atoms with van der Waals surface area (Å²) in [6.07, 6.45) is 0.0354. The number of hydrogen-bond acceptors (Lipinski definition) is 4. The molecule has 2 aromatic carbocycles. The number of carbonyl (C=O) groups is 2. The Morgan fingerprint density at radius 3 is 2.67 bits per heavy atom. The number of rotatable bonds is 5. The van der Waals surface area contributed by atoms with Gasteiger partial charge in [0.05, 0.1) is 18.1 Å². The lowest BCUT2D eigenvalue weighted by Crippen LogP contribution is -2.63. The number of amides is 1. The zero-order chi connectivity index (χ0) is 21.2. The smallest absolute Gasteiger partial charge is 0.352 e. The molecule has 30 heavy (non-hydrogen) atoms. The Morgan fingerprint density at radius 1 is 1.20 bits per heavy atom. The zero-order valence-electron chi connectivity index (χ0n) is 16.8. The topological polar surface area (TPSA) is 87.1 Å². The molecule has 2 heterocycles. The van der Waals surface area contributed by atoms with Gasteiger partial charge >= 0.3 is 5.97 Å². The summed E-state index contributed by atoms with van der Waals surface area (Å²) in [6, 6.07) is 13.8. The van der Waals surface area contributed by atoms with Crippen molar-refractivity contribution in [3.8, 4) is 16.9 Å². The molecular weight excluding hydrogens is 382 g/mol. The van der Waals surface area contributed by atoms with Crippen LogP contribution in [0.25, 0.3) is 11.1 Å². The van der Waals surface area contributed by atoms with Crippen molar-refractivity contribution in [3.05, 3.63) is 64.9 Å². The van der Waals surface area contributed by atoms with Crippen molar-refractivity contribution in [2.24, 2.45) is 11.8 Å². The fourth-order valence-corrected chi connectivity index (χ4v) is 5.26. The van der Waals surface area contributed by atoms with Gasteiger partial charge in [-0.3, -0.25) is 4.79 Å². The van der Waals surface area contributed by atoms with Crippen LogP contribution in [0, 0.1) is 11.8 Å². The fraction of sp³-hybridized carbons (Fsp3) is 0.333. The van der Waals surface area contributed by atoms with Gasteiger partial charge in [0, 0.05) is 17.1 Å². The molecule has 2 N–H and O–H groups in total. The standard InChI is InChI=1S/C24H23NO5/c1-12-17(22(24(28)29)25-21(12)19(13(2)26)23(25)27)11-30-18-9-5-7-15-10-14-6-3-4-8-16(14)20(15)18/h3-9,12-13,19,21,26H,10-11H2,1-2H3,(H,28,29)/t12-,13?,19?,21?/m0/s1. The number of aliphatic carboxylic acids is 1. The van der Waals surface area contributed by atoms with E-state index in [-0.39, 0.29) is 30.2 Å². The predicted octanol–water partition coefficient (Wildman–Crippen LogP) is 2.83. The first-order valence-electron chi connectivity index (χ1n) is 10.2. The van der Waals surface area contributed by atoms with E-state index in [1.807, 2.05) is 31.2 Å². The third-order valence-corrected chi connectivity index (χ3v) is 6.68. The third kappa shape index (κ3) is 2.53. The highest BCUT2D eigenvalue weighted by Crippen LogP contribution is 2.48. The van der Waals surface area contributed by atoms with Crippen LogP contribution in [-0.2, 0) is 16.0 Å². The summed E-state index contributed by atoms with van der Waals surface area (Å²) in [6.45, 7) is 3.57. The van der Waals surface area contributed by atoms with Crippen LogP contribution in [0.3, 0.4) is 0 Å². The SMILES string of the molecule is CC(O)C1C(=O)N2C(C(=O)O)=C(COc3cccc4c3-c3ccccc3C4)[C@H](C)C12.